The lowest BCUT2D eigenvalue weighted by atomic mass is 10.1. The molecule has 1 rings (SSSR count). The molecule has 0 aliphatic carbocycles. The van der Waals surface area contributed by atoms with Crippen LogP contribution in [-0.2, 0) is 4.79 Å². The van der Waals surface area contributed by atoms with Crippen molar-refractivity contribution in [3.8, 4) is 0 Å². The van der Waals surface area contributed by atoms with E-state index in [1.807, 2.05) is 0 Å². The van der Waals surface area contributed by atoms with E-state index < -0.39 is 17.7 Å². The largest absolute Gasteiger partial charge is 0.481 e. The second-order valence-electron chi connectivity index (χ2n) is 4.71. The molecule has 0 atom stereocenters. The van der Waals surface area contributed by atoms with Crippen molar-refractivity contribution in [1.82, 2.24) is 4.90 Å². The summed E-state index contributed by atoms with van der Waals surface area (Å²) >= 11 is 5.65. The zero-order valence-corrected chi connectivity index (χ0v) is 12.2. The number of carbonyl (C=O) groups is 2. The summed E-state index contributed by atoms with van der Waals surface area (Å²) in [4.78, 5) is 24.2. The summed E-state index contributed by atoms with van der Waals surface area (Å²) in [5, 5.41) is 8.84. The maximum absolute atomic E-state index is 13.7. The van der Waals surface area contributed by atoms with Gasteiger partial charge < -0.3 is 10.0 Å². The Morgan fingerprint density at radius 1 is 1.40 bits per heavy atom. The average Bonchev–Trinajstić information content (AvgIpc) is 2.33. The Morgan fingerprint density at radius 2 is 2.05 bits per heavy atom. The molecule has 1 amide bonds. The van der Waals surface area contributed by atoms with E-state index in [0.29, 0.717) is 6.42 Å². The van der Waals surface area contributed by atoms with Gasteiger partial charge in [-0.25, -0.2) is 4.39 Å². The summed E-state index contributed by atoms with van der Waals surface area (Å²) in [6.07, 6.45) is 0.300. The highest BCUT2D eigenvalue weighted by molar-refractivity contribution is 6.30. The predicted molar refractivity (Wildman–Crippen MR) is 74.5 cm³/mol. The van der Waals surface area contributed by atoms with E-state index >= 15 is 0 Å². The van der Waals surface area contributed by atoms with Crippen LogP contribution in [0.1, 0.15) is 37.0 Å². The van der Waals surface area contributed by atoms with Gasteiger partial charge in [0, 0.05) is 24.0 Å². The summed E-state index contributed by atoms with van der Waals surface area (Å²) in [7, 11) is 0. The molecule has 110 valence electrons. The first-order valence-corrected chi connectivity index (χ1v) is 6.68. The Bertz CT molecular complexity index is 505. The molecule has 0 aromatic heterocycles. The van der Waals surface area contributed by atoms with Crippen LogP contribution in [0.3, 0.4) is 0 Å². The van der Waals surface area contributed by atoms with E-state index in [2.05, 4.69) is 0 Å². The van der Waals surface area contributed by atoms with Crippen LogP contribution >= 0.6 is 11.6 Å². The standard InChI is InChI=1S/C14H17ClFNO3/c1-9(2)17(7-3-4-13(18)19)14(20)11-6-5-10(15)8-12(11)16/h5-6,8-9H,3-4,7H2,1-2H3,(H,18,19). The minimum atomic E-state index is -0.918. The predicted octanol–water partition coefficient (Wildman–Crippen LogP) is 3.19. The molecule has 0 aliphatic rings. The second-order valence-corrected chi connectivity index (χ2v) is 5.15. The molecule has 20 heavy (non-hydrogen) atoms. The van der Waals surface area contributed by atoms with E-state index in [4.69, 9.17) is 16.7 Å². The van der Waals surface area contributed by atoms with Gasteiger partial charge in [-0.1, -0.05) is 11.6 Å². The molecular formula is C14H17ClFNO3. The van der Waals surface area contributed by atoms with Crippen LogP contribution < -0.4 is 0 Å². The lowest BCUT2D eigenvalue weighted by Crippen LogP contribution is -2.38. The molecule has 1 N–H and O–H groups in total. The molecule has 0 saturated heterocycles. The monoisotopic (exact) mass is 301 g/mol. The molecule has 0 unspecified atom stereocenters. The highest BCUT2D eigenvalue weighted by Crippen LogP contribution is 2.17. The molecule has 4 nitrogen and oxygen atoms in total. The van der Waals surface area contributed by atoms with E-state index in [9.17, 15) is 14.0 Å². The van der Waals surface area contributed by atoms with Crippen LogP contribution in [0, 0.1) is 5.82 Å². The summed E-state index contributed by atoms with van der Waals surface area (Å²) in [6.45, 7) is 3.86. The fourth-order valence-electron chi connectivity index (χ4n) is 1.81. The van der Waals surface area contributed by atoms with Crippen molar-refractivity contribution < 1.29 is 19.1 Å². The smallest absolute Gasteiger partial charge is 0.303 e. The van der Waals surface area contributed by atoms with Crippen molar-refractivity contribution in [2.45, 2.75) is 32.7 Å². The number of rotatable bonds is 6. The van der Waals surface area contributed by atoms with Crippen LogP contribution in [0.15, 0.2) is 18.2 Å². The fourth-order valence-corrected chi connectivity index (χ4v) is 1.97. The van der Waals surface area contributed by atoms with Crippen molar-refractivity contribution in [2.24, 2.45) is 0 Å². The van der Waals surface area contributed by atoms with E-state index in [1.54, 1.807) is 13.8 Å². The molecule has 1 aromatic carbocycles. The number of amides is 1. The topological polar surface area (TPSA) is 57.6 Å². The number of carboxylic acid groups (broad SMARTS) is 1. The SMILES string of the molecule is CC(C)N(CCCC(=O)O)C(=O)c1ccc(Cl)cc1F. The molecule has 0 bridgehead atoms. The third kappa shape index (κ3) is 4.49. The quantitative estimate of drug-likeness (QED) is 0.878. The van der Waals surface area contributed by atoms with Gasteiger partial charge in [0.1, 0.15) is 5.82 Å². The Kier molecular flexibility index (Phi) is 5.95. The summed E-state index contributed by atoms with van der Waals surface area (Å²) in [5.41, 5.74) is -0.0570. The molecule has 0 heterocycles. The molecule has 0 fully saturated rings. The minimum Gasteiger partial charge on any atom is -0.481 e. The average molecular weight is 302 g/mol. The number of hydrogen-bond acceptors (Lipinski definition) is 2. The van der Waals surface area contributed by atoms with E-state index in [1.165, 1.54) is 17.0 Å². The second kappa shape index (κ2) is 7.24. The number of halogens is 2. The Hall–Kier alpha value is -1.62. The number of carboxylic acids is 1. The van der Waals surface area contributed by atoms with Gasteiger partial charge in [0.15, 0.2) is 0 Å². The van der Waals surface area contributed by atoms with Crippen molar-refractivity contribution >= 4 is 23.5 Å². The van der Waals surface area contributed by atoms with E-state index in [0.717, 1.165) is 6.07 Å². The number of aliphatic carboxylic acids is 1. The minimum absolute atomic E-state index is 0.0282. The van der Waals surface area contributed by atoms with E-state index in [-0.39, 0.29) is 29.6 Å². The summed E-state index contributed by atoms with van der Waals surface area (Å²) in [6, 6.07) is 3.73. The van der Waals surface area contributed by atoms with Gasteiger partial charge in [-0.2, -0.15) is 0 Å². The maximum atomic E-state index is 13.7. The van der Waals surface area contributed by atoms with Crippen LogP contribution in [0.2, 0.25) is 5.02 Å². The van der Waals surface area contributed by atoms with Gasteiger partial charge in [0.05, 0.1) is 5.56 Å². The molecule has 6 heteroatoms. The van der Waals surface area contributed by atoms with Crippen molar-refractivity contribution in [2.75, 3.05) is 6.54 Å². The van der Waals surface area contributed by atoms with Gasteiger partial charge in [0.2, 0.25) is 0 Å². The normalized spacial score (nSPS) is 10.7. The summed E-state index contributed by atoms with van der Waals surface area (Å²) in [5.74, 6) is -2.05. The maximum Gasteiger partial charge on any atom is 0.303 e. The van der Waals surface area contributed by atoms with Gasteiger partial charge in [-0.05, 0) is 38.5 Å². The van der Waals surface area contributed by atoms with Gasteiger partial charge in [0.25, 0.3) is 5.91 Å². The zero-order valence-electron chi connectivity index (χ0n) is 11.4. The molecule has 0 saturated carbocycles. The Balaban J connectivity index is 2.85. The Labute approximate surface area is 122 Å². The zero-order chi connectivity index (χ0) is 15.3. The third-order valence-electron chi connectivity index (χ3n) is 2.84. The van der Waals surface area contributed by atoms with Gasteiger partial charge >= 0.3 is 5.97 Å². The van der Waals surface area contributed by atoms with Crippen LogP contribution in [-0.4, -0.2) is 34.5 Å². The summed E-state index contributed by atoms with van der Waals surface area (Å²) < 4.78 is 13.7. The Morgan fingerprint density at radius 3 is 2.55 bits per heavy atom. The highest BCUT2D eigenvalue weighted by atomic mass is 35.5. The van der Waals surface area contributed by atoms with Crippen LogP contribution in [0.25, 0.3) is 0 Å². The fraction of sp³-hybridized carbons (Fsp3) is 0.429. The number of carbonyl (C=O) groups excluding carboxylic acids is 1. The van der Waals surface area contributed by atoms with Crippen molar-refractivity contribution in [3.05, 3.63) is 34.6 Å². The molecule has 0 spiro atoms. The number of nitrogens with zero attached hydrogens (tertiary/aromatic N) is 1. The van der Waals surface area contributed by atoms with Crippen LogP contribution in [0.5, 0.6) is 0 Å². The van der Waals surface area contributed by atoms with Gasteiger partial charge in [-0.3, -0.25) is 9.59 Å². The number of hydrogen-bond donors (Lipinski definition) is 1. The number of benzene rings is 1. The molecule has 0 aliphatic heterocycles. The van der Waals surface area contributed by atoms with Crippen molar-refractivity contribution in [3.63, 3.8) is 0 Å². The third-order valence-corrected chi connectivity index (χ3v) is 3.07. The molecular weight excluding hydrogens is 285 g/mol. The highest BCUT2D eigenvalue weighted by Gasteiger charge is 2.21. The lowest BCUT2D eigenvalue weighted by Gasteiger charge is -2.26. The first-order chi connectivity index (χ1) is 9.32. The van der Waals surface area contributed by atoms with Gasteiger partial charge in [-0.15, -0.1) is 0 Å². The van der Waals surface area contributed by atoms with Crippen molar-refractivity contribution in [1.29, 1.82) is 0 Å². The lowest BCUT2D eigenvalue weighted by molar-refractivity contribution is -0.137. The first-order valence-electron chi connectivity index (χ1n) is 6.30. The molecule has 0 radical (unpaired) electrons. The van der Waals surface area contributed by atoms with Crippen LogP contribution in [0.4, 0.5) is 4.39 Å². The first kappa shape index (κ1) is 16.4. The molecule has 1 aromatic rings.